The fraction of sp³-hybridized carbons (Fsp3) is 0.188. The van der Waals surface area contributed by atoms with Crippen molar-refractivity contribution in [3.63, 3.8) is 0 Å². The molecule has 0 saturated heterocycles. The molecule has 4 heteroatoms. The Bertz CT molecular complexity index is 667. The van der Waals surface area contributed by atoms with Crippen molar-refractivity contribution in [1.29, 1.82) is 0 Å². The summed E-state index contributed by atoms with van der Waals surface area (Å²) in [6.45, 7) is 2.32. The number of hydrogen-bond donors (Lipinski definition) is 2. The molecule has 2 aromatic rings. The molecule has 0 spiro atoms. The van der Waals surface area contributed by atoms with Crippen LogP contribution >= 0.6 is 0 Å². The predicted molar refractivity (Wildman–Crippen MR) is 77.7 cm³/mol. The van der Waals surface area contributed by atoms with Crippen LogP contribution in [0.5, 0.6) is 5.75 Å². The lowest BCUT2D eigenvalue weighted by Gasteiger charge is -2.13. The first-order valence-corrected chi connectivity index (χ1v) is 6.54. The second-order valence-corrected chi connectivity index (χ2v) is 4.89. The summed E-state index contributed by atoms with van der Waals surface area (Å²) < 4.78 is 5.56. The van der Waals surface area contributed by atoms with E-state index in [0.29, 0.717) is 17.9 Å². The van der Waals surface area contributed by atoms with Crippen LogP contribution in [0.25, 0.3) is 0 Å². The fourth-order valence-corrected chi connectivity index (χ4v) is 2.42. The summed E-state index contributed by atoms with van der Waals surface area (Å²) in [5.74, 6) is 0.710. The SMILES string of the molecule is Cc1c(N)cccc1C(=O)NC1COc2ccccc21. The van der Waals surface area contributed by atoms with Gasteiger partial charge in [-0.3, -0.25) is 4.79 Å². The third-order valence-corrected chi connectivity index (χ3v) is 3.63. The molecule has 1 atom stereocenters. The van der Waals surface area contributed by atoms with Crippen LogP contribution in [0.1, 0.15) is 27.5 Å². The summed E-state index contributed by atoms with van der Waals surface area (Å²) in [6.07, 6.45) is 0. The first-order chi connectivity index (χ1) is 9.66. The molecule has 3 N–H and O–H groups in total. The zero-order valence-corrected chi connectivity index (χ0v) is 11.2. The van der Waals surface area contributed by atoms with E-state index in [9.17, 15) is 4.79 Å². The molecule has 1 aliphatic heterocycles. The smallest absolute Gasteiger partial charge is 0.252 e. The number of nitrogens with two attached hydrogens (primary N) is 1. The van der Waals surface area contributed by atoms with Crippen LogP contribution in [0.3, 0.4) is 0 Å². The maximum absolute atomic E-state index is 12.4. The molecule has 0 saturated carbocycles. The van der Waals surface area contributed by atoms with E-state index in [2.05, 4.69) is 5.32 Å². The third kappa shape index (κ3) is 2.09. The molecule has 102 valence electrons. The van der Waals surface area contributed by atoms with E-state index < -0.39 is 0 Å². The lowest BCUT2D eigenvalue weighted by molar-refractivity contribution is 0.0929. The van der Waals surface area contributed by atoms with E-state index in [1.54, 1.807) is 18.2 Å². The molecule has 1 amide bonds. The summed E-state index contributed by atoms with van der Waals surface area (Å²) in [5.41, 5.74) is 8.89. The lowest BCUT2D eigenvalue weighted by atomic mass is 10.0. The van der Waals surface area contributed by atoms with E-state index >= 15 is 0 Å². The van der Waals surface area contributed by atoms with Gasteiger partial charge in [0.15, 0.2) is 0 Å². The molecule has 1 unspecified atom stereocenters. The number of carbonyl (C=O) groups is 1. The summed E-state index contributed by atoms with van der Waals surface area (Å²) in [6, 6.07) is 13.0. The largest absolute Gasteiger partial charge is 0.491 e. The van der Waals surface area contributed by atoms with Crippen LogP contribution in [0, 0.1) is 6.92 Å². The van der Waals surface area contributed by atoms with Crippen molar-refractivity contribution >= 4 is 11.6 Å². The van der Waals surface area contributed by atoms with E-state index in [1.165, 1.54) is 0 Å². The van der Waals surface area contributed by atoms with Gasteiger partial charge in [-0.15, -0.1) is 0 Å². The van der Waals surface area contributed by atoms with Gasteiger partial charge in [-0.25, -0.2) is 0 Å². The first-order valence-electron chi connectivity index (χ1n) is 6.54. The molecule has 0 radical (unpaired) electrons. The summed E-state index contributed by atoms with van der Waals surface area (Å²) >= 11 is 0. The van der Waals surface area contributed by atoms with Gasteiger partial charge in [-0.1, -0.05) is 24.3 Å². The molecule has 20 heavy (non-hydrogen) atoms. The van der Waals surface area contributed by atoms with Crippen molar-refractivity contribution in [3.8, 4) is 5.75 Å². The number of para-hydroxylation sites is 1. The minimum absolute atomic E-state index is 0.112. The highest BCUT2D eigenvalue weighted by Crippen LogP contribution is 2.32. The number of carbonyl (C=O) groups excluding carboxylic acids is 1. The van der Waals surface area contributed by atoms with E-state index in [1.807, 2.05) is 31.2 Å². The monoisotopic (exact) mass is 268 g/mol. The van der Waals surface area contributed by atoms with Crippen LogP contribution in [0.2, 0.25) is 0 Å². The van der Waals surface area contributed by atoms with Gasteiger partial charge in [-0.2, -0.15) is 0 Å². The summed E-state index contributed by atoms with van der Waals surface area (Å²) in [4.78, 5) is 12.4. The van der Waals surface area contributed by atoms with Crippen LogP contribution in [-0.4, -0.2) is 12.5 Å². The second-order valence-electron chi connectivity index (χ2n) is 4.89. The standard InChI is InChI=1S/C16H16N2O2/c1-10-11(6-4-7-13(10)17)16(19)18-14-9-20-15-8-3-2-5-12(14)15/h2-8,14H,9,17H2,1H3,(H,18,19). The molecule has 0 fully saturated rings. The number of ether oxygens (including phenoxy) is 1. The maximum atomic E-state index is 12.4. The van der Waals surface area contributed by atoms with Crippen LogP contribution in [-0.2, 0) is 0 Å². The van der Waals surface area contributed by atoms with Crippen LogP contribution in [0.15, 0.2) is 42.5 Å². The first kappa shape index (κ1) is 12.5. The number of nitrogen functional groups attached to an aromatic ring is 1. The molecule has 0 aromatic heterocycles. The fourth-order valence-electron chi connectivity index (χ4n) is 2.42. The molecule has 4 nitrogen and oxygen atoms in total. The zero-order valence-electron chi connectivity index (χ0n) is 11.2. The van der Waals surface area contributed by atoms with E-state index in [4.69, 9.17) is 10.5 Å². The Morgan fingerprint density at radius 3 is 2.90 bits per heavy atom. The third-order valence-electron chi connectivity index (χ3n) is 3.63. The van der Waals surface area contributed by atoms with Gasteiger partial charge < -0.3 is 15.8 Å². The average Bonchev–Trinajstić information content (AvgIpc) is 2.85. The molecule has 1 aliphatic rings. The van der Waals surface area contributed by atoms with Gasteiger partial charge in [0.2, 0.25) is 0 Å². The highest BCUT2D eigenvalue weighted by atomic mass is 16.5. The minimum atomic E-state index is -0.125. The molecular formula is C16H16N2O2. The summed E-state index contributed by atoms with van der Waals surface area (Å²) in [7, 11) is 0. The van der Waals surface area contributed by atoms with Crippen LogP contribution in [0.4, 0.5) is 5.69 Å². The van der Waals surface area contributed by atoms with Crippen molar-refractivity contribution in [2.75, 3.05) is 12.3 Å². The molecular weight excluding hydrogens is 252 g/mol. The zero-order chi connectivity index (χ0) is 14.1. The van der Waals surface area contributed by atoms with Crippen molar-refractivity contribution in [2.45, 2.75) is 13.0 Å². The quantitative estimate of drug-likeness (QED) is 0.822. The van der Waals surface area contributed by atoms with Crippen LogP contribution < -0.4 is 15.8 Å². The summed E-state index contributed by atoms with van der Waals surface area (Å²) in [5, 5.41) is 3.00. The molecule has 3 rings (SSSR count). The number of hydrogen-bond acceptors (Lipinski definition) is 3. The van der Waals surface area contributed by atoms with Gasteiger partial charge in [0.25, 0.3) is 5.91 Å². The Labute approximate surface area is 117 Å². The Kier molecular flexibility index (Phi) is 3.06. The van der Waals surface area contributed by atoms with Gasteiger partial charge in [0.1, 0.15) is 12.4 Å². The highest BCUT2D eigenvalue weighted by Gasteiger charge is 2.25. The Hall–Kier alpha value is -2.49. The maximum Gasteiger partial charge on any atom is 0.252 e. The van der Waals surface area contributed by atoms with E-state index in [0.717, 1.165) is 16.9 Å². The van der Waals surface area contributed by atoms with Gasteiger partial charge in [0, 0.05) is 16.8 Å². The van der Waals surface area contributed by atoms with Gasteiger partial charge in [0.05, 0.1) is 6.04 Å². The Balaban J connectivity index is 1.83. The van der Waals surface area contributed by atoms with Gasteiger partial charge >= 0.3 is 0 Å². The molecule has 2 aromatic carbocycles. The van der Waals surface area contributed by atoms with E-state index in [-0.39, 0.29) is 11.9 Å². The number of rotatable bonds is 2. The Morgan fingerprint density at radius 1 is 1.25 bits per heavy atom. The van der Waals surface area contributed by atoms with Crippen molar-refractivity contribution in [2.24, 2.45) is 0 Å². The molecule has 1 heterocycles. The topological polar surface area (TPSA) is 64.4 Å². The van der Waals surface area contributed by atoms with Crippen molar-refractivity contribution in [3.05, 3.63) is 59.2 Å². The van der Waals surface area contributed by atoms with Gasteiger partial charge in [-0.05, 0) is 30.7 Å². The second kappa shape index (κ2) is 4.89. The number of nitrogens with one attached hydrogen (secondary N) is 1. The number of amides is 1. The van der Waals surface area contributed by atoms with Crippen molar-refractivity contribution < 1.29 is 9.53 Å². The van der Waals surface area contributed by atoms with Crippen molar-refractivity contribution in [1.82, 2.24) is 5.32 Å². The predicted octanol–water partition coefficient (Wildman–Crippen LogP) is 2.44. The highest BCUT2D eigenvalue weighted by molar-refractivity contribution is 5.97. The number of anilines is 1. The number of benzene rings is 2. The molecule has 0 aliphatic carbocycles. The Morgan fingerprint density at radius 2 is 2.05 bits per heavy atom. The average molecular weight is 268 g/mol. The lowest BCUT2D eigenvalue weighted by Crippen LogP contribution is -2.30. The molecule has 0 bridgehead atoms. The normalized spacial score (nSPS) is 16.4. The number of fused-ring (bicyclic) bond motifs is 1. The minimum Gasteiger partial charge on any atom is -0.491 e.